The number of halogens is 2. The Morgan fingerprint density at radius 1 is 1.30 bits per heavy atom. The normalized spacial score (nSPS) is 13.4. The minimum absolute atomic E-state index is 0.0450. The first-order valence-corrected chi connectivity index (χ1v) is 7.87. The number of carbonyl (C=O) groups is 1. The van der Waals surface area contributed by atoms with Crippen molar-refractivity contribution in [2.75, 3.05) is 5.73 Å². The van der Waals surface area contributed by atoms with Gasteiger partial charge in [-0.15, -0.1) is 0 Å². The second-order valence-corrected chi connectivity index (χ2v) is 6.99. The van der Waals surface area contributed by atoms with E-state index in [2.05, 4.69) is 4.72 Å². The SMILES string of the molecule is CC(C)C(NS(=O)(=O)c1ccc(Cl)c(N)c1Cl)C(N)=O. The molecule has 9 heteroatoms. The Balaban J connectivity index is 3.25. The standard InChI is InChI=1S/C11H15Cl2N3O3S/c1-5(2)10(11(15)17)16-20(18,19)7-4-3-6(12)9(14)8(7)13/h3-5,10,16H,14H2,1-2H3,(H2,15,17). The van der Waals surface area contributed by atoms with Crippen molar-refractivity contribution in [2.24, 2.45) is 11.7 Å². The molecule has 0 saturated heterocycles. The number of amides is 1. The van der Waals surface area contributed by atoms with Crippen LogP contribution in [0.3, 0.4) is 0 Å². The van der Waals surface area contributed by atoms with Gasteiger partial charge >= 0.3 is 0 Å². The summed E-state index contributed by atoms with van der Waals surface area (Å²) >= 11 is 11.6. The number of sulfonamides is 1. The maximum atomic E-state index is 12.2. The van der Waals surface area contributed by atoms with E-state index < -0.39 is 22.0 Å². The molecule has 0 aliphatic heterocycles. The average molecular weight is 340 g/mol. The molecular weight excluding hydrogens is 325 g/mol. The van der Waals surface area contributed by atoms with Crippen LogP contribution < -0.4 is 16.2 Å². The molecule has 1 unspecified atom stereocenters. The van der Waals surface area contributed by atoms with E-state index in [1.54, 1.807) is 13.8 Å². The Hall–Kier alpha value is -1.02. The molecule has 0 heterocycles. The smallest absolute Gasteiger partial charge is 0.242 e. The van der Waals surface area contributed by atoms with Crippen LogP contribution in [-0.2, 0) is 14.8 Å². The number of nitrogen functional groups attached to an aromatic ring is 1. The molecule has 1 rings (SSSR count). The van der Waals surface area contributed by atoms with Crippen molar-refractivity contribution >= 4 is 44.8 Å². The molecule has 1 amide bonds. The van der Waals surface area contributed by atoms with Gasteiger partial charge in [0.05, 0.1) is 15.7 Å². The first-order valence-electron chi connectivity index (χ1n) is 5.63. The number of rotatable bonds is 5. The van der Waals surface area contributed by atoms with Gasteiger partial charge in [-0.05, 0) is 18.1 Å². The van der Waals surface area contributed by atoms with Gasteiger partial charge in [0.25, 0.3) is 0 Å². The van der Waals surface area contributed by atoms with Crippen molar-refractivity contribution < 1.29 is 13.2 Å². The lowest BCUT2D eigenvalue weighted by Gasteiger charge is -2.19. The highest BCUT2D eigenvalue weighted by molar-refractivity contribution is 7.89. The highest BCUT2D eigenvalue weighted by Gasteiger charge is 2.28. The Kier molecular flexibility index (Phi) is 5.26. The zero-order chi connectivity index (χ0) is 15.7. The number of primary amides is 1. The van der Waals surface area contributed by atoms with E-state index in [1.807, 2.05) is 0 Å². The van der Waals surface area contributed by atoms with E-state index in [9.17, 15) is 13.2 Å². The van der Waals surface area contributed by atoms with Crippen molar-refractivity contribution in [1.29, 1.82) is 0 Å². The zero-order valence-electron chi connectivity index (χ0n) is 10.9. The predicted molar refractivity (Wildman–Crippen MR) is 79.0 cm³/mol. The van der Waals surface area contributed by atoms with E-state index >= 15 is 0 Å². The Morgan fingerprint density at radius 2 is 1.85 bits per heavy atom. The number of anilines is 1. The van der Waals surface area contributed by atoms with Gasteiger partial charge in [-0.2, -0.15) is 4.72 Å². The second-order valence-electron chi connectivity index (χ2n) is 4.52. The van der Waals surface area contributed by atoms with Gasteiger partial charge in [0.15, 0.2) is 0 Å². The van der Waals surface area contributed by atoms with Crippen LogP contribution in [0.25, 0.3) is 0 Å². The lowest BCUT2D eigenvalue weighted by atomic mass is 10.1. The molecule has 20 heavy (non-hydrogen) atoms. The van der Waals surface area contributed by atoms with E-state index in [0.29, 0.717) is 0 Å². The summed E-state index contributed by atoms with van der Waals surface area (Å²) in [6.07, 6.45) is 0. The van der Waals surface area contributed by atoms with Crippen LogP contribution in [0, 0.1) is 5.92 Å². The van der Waals surface area contributed by atoms with E-state index in [-0.39, 0.29) is 26.5 Å². The molecule has 0 aliphatic rings. The van der Waals surface area contributed by atoms with Crippen molar-refractivity contribution in [3.63, 3.8) is 0 Å². The maximum Gasteiger partial charge on any atom is 0.242 e. The lowest BCUT2D eigenvalue weighted by Crippen LogP contribution is -2.47. The summed E-state index contributed by atoms with van der Waals surface area (Å²) < 4.78 is 26.7. The zero-order valence-corrected chi connectivity index (χ0v) is 13.2. The van der Waals surface area contributed by atoms with Gasteiger partial charge in [-0.1, -0.05) is 37.0 Å². The third-order valence-corrected chi connectivity index (χ3v) is 4.97. The third kappa shape index (κ3) is 3.54. The number of carbonyl (C=O) groups excluding carboxylic acids is 1. The molecule has 1 aromatic carbocycles. The van der Waals surface area contributed by atoms with Gasteiger partial charge in [0.2, 0.25) is 15.9 Å². The number of nitrogens with two attached hydrogens (primary N) is 2. The molecule has 112 valence electrons. The molecule has 5 N–H and O–H groups in total. The molecule has 1 atom stereocenters. The first kappa shape index (κ1) is 17.0. The van der Waals surface area contributed by atoms with Gasteiger partial charge in [0.1, 0.15) is 10.9 Å². The molecule has 0 aromatic heterocycles. The van der Waals surface area contributed by atoms with Crippen molar-refractivity contribution in [1.82, 2.24) is 4.72 Å². The summed E-state index contributed by atoms with van der Waals surface area (Å²) in [7, 11) is -4.04. The van der Waals surface area contributed by atoms with E-state index in [4.69, 9.17) is 34.7 Å². The molecule has 0 saturated carbocycles. The third-order valence-electron chi connectivity index (χ3n) is 2.64. The number of hydrogen-bond acceptors (Lipinski definition) is 4. The second kappa shape index (κ2) is 6.17. The Bertz CT molecular complexity index is 632. The fourth-order valence-electron chi connectivity index (χ4n) is 1.51. The summed E-state index contributed by atoms with van der Waals surface area (Å²) in [4.78, 5) is 11.0. The highest BCUT2D eigenvalue weighted by atomic mass is 35.5. The van der Waals surface area contributed by atoms with Crippen LogP contribution in [0.1, 0.15) is 13.8 Å². The number of nitrogens with one attached hydrogen (secondary N) is 1. The van der Waals surface area contributed by atoms with Crippen LogP contribution in [0.5, 0.6) is 0 Å². The lowest BCUT2D eigenvalue weighted by molar-refractivity contribution is -0.120. The Labute approximate surface area is 127 Å². The van der Waals surface area contributed by atoms with Crippen LogP contribution in [0.4, 0.5) is 5.69 Å². The van der Waals surface area contributed by atoms with Crippen LogP contribution >= 0.6 is 23.2 Å². The molecule has 1 aromatic rings. The minimum Gasteiger partial charge on any atom is -0.396 e. The number of hydrogen-bond donors (Lipinski definition) is 3. The molecular formula is C11H15Cl2N3O3S. The first-order chi connectivity index (χ1) is 9.08. The average Bonchev–Trinajstić information content (AvgIpc) is 2.32. The van der Waals surface area contributed by atoms with Crippen LogP contribution in [-0.4, -0.2) is 20.4 Å². The maximum absolute atomic E-state index is 12.2. The fourth-order valence-corrected chi connectivity index (χ4v) is 3.63. The highest BCUT2D eigenvalue weighted by Crippen LogP contribution is 2.33. The monoisotopic (exact) mass is 339 g/mol. The summed E-state index contributed by atoms with van der Waals surface area (Å²) in [5.74, 6) is -1.09. The van der Waals surface area contributed by atoms with Crippen molar-refractivity contribution in [2.45, 2.75) is 24.8 Å². The summed E-state index contributed by atoms with van der Waals surface area (Å²) in [5.41, 5.74) is 10.7. The molecule has 6 nitrogen and oxygen atoms in total. The van der Waals surface area contributed by atoms with E-state index in [1.165, 1.54) is 12.1 Å². The minimum atomic E-state index is -4.04. The number of benzene rings is 1. The Morgan fingerprint density at radius 3 is 2.30 bits per heavy atom. The topological polar surface area (TPSA) is 115 Å². The van der Waals surface area contributed by atoms with Gasteiger partial charge < -0.3 is 11.5 Å². The molecule has 0 spiro atoms. The fraction of sp³-hybridized carbons (Fsp3) is 0.364. The van der Waals surface area contributed by atoms with Gasteiger partial charge in [-0.3, -0.25) is 4.79 Å². The van der Waals surface area contributed by atoms with Gasteiger partial charge in [-0.25, -0.2) is 8.42 Å². The molecule has 0 radical (unpaired) electrons. The molecule has 0 aliphatic carbocycles. The van der Waals surface area contributed by atoms with E-state index in [0.717, 1.165) is 0 Å². The summed E-state index contributed by atoms with van der Waals surface area (Å²) in [6.45, 7) is 3.32. The molecule has 0 fully saturated rings. The van der Waals surface area contributed by atoms with Crippen LogP contribution in [0.15, 0.2) is 17.0 Å². The summed E-state index contributed by atoms with van der Waals surface area (Å²) in [5, 5.41) is -0.0544. The quantitative estimate of drug-likeness (QED) is 0.702. The van der Waals surface area contributed by atoms with Crippen molar-refractivity contribution in [3.8, 4) is 0 Å². The molecule has 0 bridgehead atoms. The van der Waals surface area contributed by atoms with Crippen molar-refractivity contribution in [3.05, 3.63) is 22.2 Å². The largest absolute Gasteiger partial charge is 0.396 e. The van der Waals surface area contributed by atoms with Crippen LogP contribution in [0.2, 0.25) is 10.0 Å². The predicted octanol–water partition coefficient (Wildman–Crippen LogP) is 1.36. The van der Waals surface area contributed by atoms with Gasteiger partial charge in [0, 0.05) is 0 Å². The summed E-state index contributed by atoms with van der Waals surface area (Å²) in [6, 6.07) is 1.47.